The molecule has 0 bridgehead atoms. The lowest BCUT2D eigenvalue weighted by Gasteiger charge is -2.33. The number of para-hydroxylation sites is 1. The van der Waals surface area contributed by atoms with E-state index in [1.54, 1.807) is 31.2 Å². The molecule has 0 aromatic heterocycles. The van der Waals surface area contributed by atoms with Crippen molar-refractivity contribution in [3.8, 4) is 0 Å². The normalized spacial score (nSPS) is 12.7. The Hall–Kier alpha value is -2.65. The second-order valence-electron chi connectivity index (χ2n) is 8.78. The smallest absolute Gasteiger partial charge is 0.244 e. The van der Waals surface area contributed by atoms with E-state index in [9.17, 15) is 22.4 Å². The molecule has 0 radical (unpaired) electrons. The molecule has 33 heavy (non-hydrogen) atoms. The third-order valence-electron chi connectivity index (χ3n) is 4.73. The molecule has 2 aromatic rings. The maximum Gasteiger partial charge on any atom is 0.244 e. The summed E-state index contributed by atoms with van der Waals surface area (Å²) in [4.78, 5) is 27.5. The Morgan fingerprint density at radius 3 is 2.18 bits per heavy atom. The van der Waals surface area contributed by atoms with Crippen LogP contribution < -0.4 is 9.62 Å². The van der Waals surface area contributed by atoms with E-state index in [2.05, 4.69) is 5.32 Å². The molecular formula is C23H29ClFN3O4S. The summed E-state index contributed by atoms with van der Waals surface area (Å²) >= 11 is 5.94. The van der Waals surface area contributed by atoms with Crippen molar-refractivity contribution < 1.29 is 22.4 Å². The van der Waals surface area contributed by atoms with E-state index < -0.39 is 45.8 Å². The number of halogens is 2. The predicted molar refractivity (Wildman–Crippen MR) is 128 cm³/mol. The first-order valence-corrected chi connectivity index (χ1v) is 12.5. The third kappa shape index (κ3) is 7.71. The highest BCUT2D eigenvalue weighted by Crippen LogP contribution is 2.22. The van der Waals surface area contributed by atoms with Gasteiger partial charge < -0.3 is 10.2 Å². The Balaban J connectivity index is 2.41. The van der Waals surface area contributed by atoms with E-state index in [1.165, 1.54) is 23.1 Å². The minimum Gasteiger partial charge on any atom is -0.350 e. The van der Waals surface area contributed by atoms with Gasteiger partial charge in [0, 0.05) is 17.1 Å². The number of sulfonamides is 1. The number of anilines is 1. The van der Waals surface area contributed by atoms with E-state index in [1.807, 2.05) is 20.8 Å². The molecule has 0 aliphatic heterocycles. The second-order valence-corrected chi connectivity index (χ2v) is 11.1. The Morgan fingerprint density at radius 2 is 1.67 bits per heavy atom. The molecular weight excluding hydrogens is 469 g/mol. The second kappa shape index (κ2) is 10.5. The van der Waals surface area contributed by atoms with Crippen LogP contribution in [0.1, 0.15) is 33.3 Å². The number of carbonyl (C=O) groups excluding carboxylic acids is 2. The maximum atomic E-state index is 14.4. The number of benzene rings is 2. The molecule has 2 amide bonds. The van der Waals surface area contributed by atoms with Gasteiger partial charge in [-0.3, -0.25) is 13.9 Å². The van der Waals surface area contributed by atoms with Crippen LogP contribution >= 0.6 is 11.6 Å². The molecule has 10 heteroatoms. The first-order valence-electron chi connectivity index (χ1n) is 10.3. The monoisotopic (exact) mass is 497 g/mol. The van der Waals surface area contributed by atoms with Gasteiger partial charge in [-0.1, -0.05) is 35.9 Å². The van der Waals surface area contributed by atoms with Crippen LogP contribution in [0.25, 0.3) is 0 Å². The third-order valence-corrected chi connectivity index (χ3v) is 6.11. The number of nitrogens with zero attached hydrogens (tertiary/aromatic N) is 2. The highest BCUT2D eigenvalue weighted by Gasteiger charge is 2.32. The quantitative estimate of drug-likeness (QED) is 0.604. The summed E-state index contributed by atoms with van der Waals surface area (Å²) in [5.41, 5.74) is -0.0849. The van der Waals surface area contributed by atoms with Gasteiger partial charge in [-0.05, 0) is 57.5 Å². The standard InChI is InChI=1S/C23H29ClFN3O4S/c1-16(22(30)26-23(2,3)4)27(14-17-10-12-18(24)13-11-17)21(29)15-28(33(5,31)32)20-9-7-6-8-19(20)25/h6-13,16H,14-15H2,1-5H3,(H,26,30)/t16-/m1/s1. The fraction of sp³-hybridized carbons (Fsp3) is 0.391. The molecule has 7 nitrogen and oxygen atoms in total. The summed E-state index contributed by atoms with van der Waals surface area (Å²) < 4.78 is 39.9. The van der Waals surface area contributed by atoms with E-state index in [4.69, 9.17) is 11.6 Å². The van der Waals surface area contributed by atoms with Crippen LogP contribution in [-0.4, -0.2) is 49.5 Å². The zero-order chi connectivity index (χ0) is 25.0. The van der Waals surface area contributed by atoms with Crippen molar-refractivity contribution >= 4 is 39.1 Å². The van der Waals surface area contributed by atoms with Crippen LogP contribution in [0, 0.1) is 5.82 Å². The average Bonchev–Trinajstić information content (AvgIpc) is 2.69. The molecule has 0 saturated heterocycles. The molecule has 0 heterocycles. The number of carbonyl (C=O) groups is 2. The van der Waals surface area contributed by atoms with Crippen LogP contribution in [0.3, 0.4) is 0 Å². The van der Waals surface area contributed by atoms with Gasteiger partial charge in [0.1, 0.15) is 18.4 Å². The minimum atomic E-state index is -3.99. The summed E-state index contributed by atoms with van der Waals surface area (Å²) in [6.07, 6.45) is 0.895. The highest BCUT2D eigenvalue weighted by atomic mass is 35.5. The van der Waals surface area contributed by atoms with E-state index >= 15 is 0 Å². The predicted octanol–water partition coefficient (Wildman–Crippen LogP) is 3.58. The molecule has 1 atom stereocenters. The van der Waals surface area contributed by atoms with E-state index in [0.29, 0.717) is 14.9 Å². The first-order chi connectivity index (χ1) is 15.2. The van der Waals surface area contributed by atoms with Gasteiger partial charge in [-0.15, -0.1) is 0 Å². The molecule has 0 unspecified atom stereocenters. The van der Waals surface area contributed by atoms with Gasteiger partial charge in [0.15, 0.2) is 0 Å². The summed E-state index contributed by atoms with van der Waals surface area (Å²) in [7, 11) is -3.99. The number of hydrogen-bond acceptors (Lipinski definition) is 4. The van der Waals surface area contributed by atoms with Crippen molar-refractivity contribution in [1.82, 2.24) is 10.2 Å². The van der Waals surface area contributed by atoms with Crippen molar-refractivity contribution in [2.24, 2.45) is 0 Å². The molecule has 1 N–H and O–H groups in total. The van der Waals surface area contributed by atoms with Gasteiger partial charge in [-0.2, -0.15) is 0 Å². The van der Waals surface area contributed by atoms with Crippen LogP contribution in [-0.2, 0) is 26.2 Å². The van der Waals surface area contributed by atoms with Crippen LogP contribution in [0.4, 0.5) is 10.1 Å². The van der Waals surface area contributed by atoms with Crippen molar-refractivity contribution in [3.63, 3.8) is 0 Å². The topological polar surface area (TPSA) is 86.8 Å². The summed E-state index contributed by atoms with van der Waals surface area (Å²) in [6.45, 7) is 6.36. The van der Waals surface area contributed by atoms with Gasteiger partial charge in [0.2, 0.25) is 21.8 Å². The fourth-order valence-electron chi connectivity index (χ4n) is 3.09. The van der Waals surface area contributed by atoms with E-state index in [0.717, 1.165) is 12.3 Å². The first kappa shape index (κ1) is 26.6. The highest BCUT2D eigenvalue weighted by molar-refractivity contribution is 7.92. The zero-order valence-electron chi connectivity index (χ0n) is 19.3. The Kier molecular flexibility index (Phi) is 8.48. The van der Waals surface area contributed by atoms with Crippen molar-refractivity contribution in [1.29, 1.82) is 0 Å². The molecule has 0 saturated carbocycles. The number of hydrogen-bond donors (Lipinski definition) is 1. The Labute approximate surface area is 199 Å². The SMILES string of the molecule is C[C@H](C(=O)NC(C)(C)C)N(Cc1ccc(Cl)cc1)C(=O)CN(c1ccccc1F)S(C)(=O)=O. The fourth-order valence-corrected chi connectivity index (χ4v) is 4.07. The average molecular weight is 498 g/mol. The van der Waals surface area contributed by atoms with E-state index in [-0.39, 0.29) is 12.2 Å². The Bertz CT molecular complexity index is 1100. The number of amides is 2. The summed E-state index contributed by atoms with van der Waals surface area (Å²) in [6, 6.07) is 11.1. The van der Waals surface area contributed by atoms with Gasteiger partial charge in [0.05, 0.1) is 11.9 Å². The van der Waals surface area contributed by atoms with Gasteiger partial charge in [0.25, 0.3) is 0 Å². The molecule has 0 aliphatic rings. The van der Waals surface area contributed by atoms with Crippen LogP contribution in [0.5, 0.6) is 0 Å². The van der Waals surface area contributed by atoms with Crippen molar-refractivity contribution in [3.05, 3.63) is 64.9 Å². The minimum absolute atomic E-state index is 0.0314. The van der Waals surface area contributed by atoms with Crippen LogP contribution in [0.15, 0.2) is 48.5 Å². The number of nitrogens with one attached hydrogen (secondary N) is 1. The zero-order valence-corrected chi connectivity index (χ0v) is 20.9. The molecule has 0 aliphatic carbocycles. The lowest BCUT2D eigenvalue weighted by Crippen LogP contribution is -2.54. The molecule has 0 fully saturated rings. The van der Waals surface area contributed by atoms with Crippen molar-refractivity contribution in [2.45, 2.75) is 45.8 Å². The molecule has 2 aromatic carbocycles. The molecule has 0 spiro atoms. The van der Waals surface area contributed by atoms with Gasteiger partial charge >= 0.3 is 0 Å². The van der Waals surface area contributed by atoms with Gasteiger partial charge in [-0.25, -0.2) is 12.8 Å². The largest absolute Gasteiger partial charge is 0.350 e. The summed E-state index contributed by atoms with van der Waals surface area (Å²) in [5.74, 6) is -1.84. The number of rotatable bonds is 8. The maximum absolute atomic E-state index is 14.4. The molecule has 180 valence electrons. The van der Waals surface area contributed by atoms with Crippen LogP contribution in [0.2, 0.25) is 5.02 Å². The summed E-state index contributed by atoms with van der Waals surface area (Å²) in [5, 5.41) is 3.34. The van der Waals surface area contributed by atoms with Crippen molar-refractivity contribution in [2.75, 3.05) is 17.1 Å². The Morgan fingerprint density at radius 1 is 1.09 bits per heavy atom. The molecule has 2 rings (SSSR count). The lowest BCUT2D eigenvalue weighted by molar-refractivity contribution is -0.140. The lowest BCUT2D eigenvalue weighted by atomic mass is 10.1.